The Bertz CT molecular complexity index is 583. The van der Waals surface area contributed by atoms with Crippen molar-refractivity contribution in [2.75, 3.05) is 0 Å². The van der Waals surface area contributed by atoms with Crippen molar-refractivity contribution in [3.8, 4) is 0 Å². The van der Waals surface area contributed by atoms with Gasteiger partial charge in [-0.3, -0.25) is 4.79 Å². The van der Waals surface area contributed by atoms with Gasteiger partial charge < -0.3 is 0 Å². The molecule has 126 valence electrons. The number of hydrogen-bond acceptors (Lipinski definition) is 1. The fraction of sp³-hybridized carbons (Fsp3) is 0.773. The van der Waals surface area contributed by atoms with E-state index in [9.17, 15) is 4.79 Å². The molecule has 0 unspecified atom stereocenters. The van der Waals surface area contributed by atoms with Crippen LogP contribution in [0.4, 0.5) is 0 Å². The first-order valence-corrected chi connectivity index (χ1v) is 9.92. The minimum absolute atomic E-state index is 0.0146. The van der Waals surface area contributed by atoms with E-state index < -0.39 is 0 Å². The topological polar surface area (TPSA) is 17.1 Å². The highest BCUT2D eigenvalue weighted by molar-refractivity contribution is 5.87. The van der Waals surface area contributed by atoms with Crippen LogP contribution in [0.1, 0.15) is 78.6 Å². The minimum Gasteiger partial charge on any atom is -0.299 e. The summed E-state index contributed by atoms with van der Waals surface area (Å²) < 4.78 is 0. The molecule has 0 radical (unpaired) electrons. The number of allylic oxidation sites excluding steroid dienone is 4. The monoisotopic (exact) mass is 312 g/mol. The van der Waals surface area contributed by atoms with E-state index in [1.165, 1.54) is 38.5 Å². The highest BCUT2D eigenvalue weighted by Gasteiger charge is 2.58. The highest BCUT2D eigenvalue weighted by Crippen LogP contribution is 2.63. The maximum absolute atomic E-state index is 12.5. The van der Waals surface area contributed by atoms with Crippen molar-refractivity contribution < 1.29 is 4.79 Å². The molecule has 2 fully saturated rings. The second-order valence-corrected chi connectivity index (χ2v) is 9.16. The normalized spacial score (nSPS) is 45.7. The number of ketones is 1. The third kappa shape index (κ3) is 2.14. The van der Waals surface area contributed by atoms with Gasteiger partial charge in [0.2, 0.25) is 0 Å². The summed E-state index contributed by atoms with van der Waals surface area (Å²) >= 11 is 0. The second kappa shape index (κ2) is 5.33. The molecule has 0 bridgehead atoms. The summed E-state index contributed by atoms with van der Waals surface area (Å²) in [4.78, 5) is 12.5. The van der Waals surface area contributed by atoms with Gasteiger partial charge in [0.15, 0.2) is 0 Å². The van der Waals surface area contributed by atoms with Crippen molar-refractivity contribution >= 4 is 5.78 Å². The Labute approximate surface area is 141 Å². The predicted octanol–water partition coefficient (Wildman–Crippen LogP) is 5.85. The van der Waals surface area contributed by atoms with Crippen LogP contribution in [-0.4, -0.2) is 5.78 Å². The fourth-order valence-electron chi connectivity index (χ4n) is 6.67. The molecule has 2 saturated carbocycles. The molecule has 0 aromatic carbocycles. The van der Waals surface area contributed by atoms with Gasteiger partial charge >= 0.3 is 0 Å². The van der Waals surface area contributed by atoms with Crippen LogP contribution in [-0.2, 0) is 4.79 Å². The number of hydrogen-bond donors (Lipinski definition) is 0. The van der Waals surface area contributed by atoms with Crippen LogP contribution in [0.5, 0.6) is 0 Å². The Hall–Kier alpha value is -0.850. The third-order valence-electron chi connectivity index (χ3n) is 8.13. The van der Waals surface area contributed by atoms with Gasteiger partial charge in [0, 0.05) is 11.8 Å². The summed E-state index contributed by atoms with van der Waals surface area (Å²) in [6.07, 6.45) is 15.9. The summed E-state index contributed by atoms with van der Waals surface area (Å²) in [7, 11) is 0. The van der Waals surface area contributed by atoms with Crippen molar-refractivity contribution in [3.63, 3.8) is 0 Å². The standard InChI is InChI=1S/C22H32O/c1-4-5-15-10-12-21(2)16(14-15)6-7-17-18-8-9-20(23)22(18,3)13-11-19(17)21/h6,14,17-19H,4-5,7-13H2,1-3H3/t17-,18-,19-,21-,22-/m0/s1. The zero-order valence-electron chi connectivity index (χ0n) is 15.2. The molecule has 4 rings (SSSR count). The molecule has 0 spiro atoms. The first kappa shape index (κ1) is 15.7. The minimum atomic E-state index is 0.0146. The van der Waals surface area contributed by atoms with Crippen LogP contribution in [0.3, 0.4) is 0 Å². The summed E-state index contributed by atoms with van der Waals surface area (Å²) in [6, 6.07) is 0. The van der Waals surface area contributed by atoms with E-state index in [0.717, 1.165) is 31.1 Å². The van der Waals surface area contributed by atoms with Crippen LogP contribution in [0.2, 0.25) is 0 Å². The van der Waals surface area contributed by atoms with Gasteiger partial charge in [0.25, 0.3) is 0 Å². The summed E-state index contributed by atoms with van der Waals surface area (Å²) in [5.74, 6) is 2.79. The maximum Gasteiger partial charge on any atom is 0.139 e. The molecule has 4 aliphatic carbocycles. The Morgan fingerprint density at radius 1 is 1.09 bits per heavy atom. The molecule has 0 heterocycles. The Morgan fingerprint density at radius 2 is 1.87 bits per heavy atom. The summed E-state index contributed by atoms with van der Waals surface area (Å²) in [6.45, 7) is 7.11. The Kier molecular flexibility index (Phi) is 3.63. The number of rotatable bonds is 2. The zero-order valence-corrected chi connectivity index (χ0v) is 15.2. The van der Waals surface area contributed by atoms with E-state index in [1.807, 2.05) is 0 Å². The first-order chi connectivity index (χ1) is 11.0. The average molecular weight is 312 g/mol. The lowest BCUT2D eigenvalue weighted by Crippen LogP contribution is -2.49. The van der Waals surface area contributed by atoms with Gasteiger partial charge in [-0.2, -0.15) is 0 Å². The molecule has 4 aliphatic rings. The van der Waals surface area contributed by atoms with Crippen LogP contribution in [0.25, 0.3) is 0 Å². The van der Waals surface area contributed by atoms with Crippen molar-refractivity contribution in [2.24, 2.45) is 28.6 Å². The maximum atomic E-state index is 12.5. The molecule has 0 amide bonds. The van der Waals surface area contributed by atoms with Crippen molar-refractivity contribution in [1.29, 1.82) is 0 Å². The molecule has 1 nitrogen and oxygen atoms in total. The van der Waals surface area contributed by atoms with Gasteiger partial charge in [-0.1, -0.05) is 44.9 Å². The first-order valence-electron chi connectivity index (χ1n) is 9.92. The highest BCUT2D eigenvalue weighted by atomic mass is 16.1. The lowest BCUT2D eigenvalue weighted by Gasteiger charge is -2.55. The molecule has 0 aromatic heterocycles. The smallest absolute Gasteiger partial charge is 0.139 e. The lowest BCUT2D eigenvalue weighted by molar-refractivity contribution is -0.131. The van der Waals surface area contributed by atoms with Crippen molar-refractivity contribution in [2.45, 2.75) is 78.6 Å². The summed E-state index contributed by atoms with van der Waals surface area (Å²) in [5, 5.41) is 0. The van der Waals surface area contributed by atoms with E-state index in [-0.39, 0.29) is 5.41 Å². The van der Waals surface area contributed by atoms with Crippen LogP contribution < -0.4 is 0 Å². The van der Waals surface area contributed by atoms with E-state index in [1.54, 1.807) is 11.1 Å². The number of Topliss-reactive ketones (excluding diaryl/α,β-unsaturated/α-hetero) is 1. The van der Waals surface area contributed by atoms with Gasteiger partial charge in [-0.05, 0) is 73.7 Å². The van der Waals surface area contributed by atoms with Crippen LogP contribution in [0, 0.1) is 28.6 Å². The van der Waals surface area contributed by atoms with E-state index >= 15 is 0 Å². The number of carbonyl (C=O) groups is 1. The van der Waals surface area contributed by atoms with Gasteiger partial charge in [-0.15, -0.1) is 0 Å². The molecule has 0 aliphatic heterocycles. The average Bonchev–Trinajstić information content (AvgIpc) is 2.84. The number of fused-ring (bicyclic) bond motifs is 5. The Balaban J connectivity index is 1.67. The van der Waals surface area contributed by atoms with Crippen LogP contribution >= 0.6 is 0 Å². The van der Waals surface area contributed by atoms with Crippen LogP contribution in [0.15, 0.2) is 23.3 Å². The van der Waals surface area contributed by atoms with Crippen molar-refractivity contribution in [3.05, 3.63) is 23.3 Å². The Morgan fingerprint density at radius 3 is 2.65 bits per heavy atom. The zero-order chi connectivity index (χ0) is 16.2. The molecule has 23 heavy (non-hydrogen) atoms. The van der Waals surface area contributed by atoms with E-state index in [4.69, 9.17) is 0 Å². The molecule has 0 saturated heterocycles. The van der Waals surface area contributed by atoms with Gasteiger partial charge in [0.1, 0.15) is 5.78 Å². The SMILES string of the molecule is CCCC1=CC2=CC[C@@H]3[C@H](CC[C@]4(C)C(=O)CC[C@@H]34)[C@@]2(C)CC1. The largest absolute Gasteiger partial charge is 0.299 e. The molecule has 0 aromatic rings. The van der Waals surface area contributed by atoms with E-state index in [0.29, 0.717) is 17.1 Å². The van der Waals surface area contributed by atoms with Gasteiger partial charge in [0.05, 0.1) is 0 Å². The molecule has 1 heteroatoms. The van der Waals surface area contributed by atoms with Crippen molar-refractivity contribution in [1.82, 2.24) is 0 Å². The third-order valence-corrected chi connectivity index (χ3v) is 8.13. The molecule has 5 atom stereocenters. The predicted molar refractivity (Wildman–Crippen MR) is 95.1 cm³/mol. The quantitative estimate of drug-likeness (QED) is 0.624. The van der Waals surface area contributed by atoms with E-state index in [2.05, 4.69) is 32.9 Å². The summed E-state index contributed by atoms with van der Waals surface area (Å²) in [5.41, 5.74) is 3.71. The molecule has 0 N–H and O–H groups in total. The second-order valence-electron chi connectivity index (χ2n) is 9.16. The lowest BCUT2D eigenvalue weighted by atomic mass is 9.48. The number of carbonyl (C=O) groups excluding carboxylic acids is 1. The molecular weight excluding hydrogens is 280 g/mol. The fourth-order valence-corrected chi connectivity index (χ4v) is 6.67. The van der Waals surface area contributed by atoms with Gasteiger partial charge in [-0.25, -0.2) is 0 Å². The molecular formula is C22H32O.